The minimum absolute atomic E-state index is 0.0339. The summed E-state index contributed by atoms with van der Waals surface area (Å²) in [5.74, 6) is -0.344. The number of hydrogen-bond acceptors (Lipinski definition) is 3. The van der Waals surface area contributed by atoms with Gasteiger partial charge in [-0.3, -0.25) is 9.59 Å². The predicted molar refractivity (Wildman–Crippen MR) is 108 cm³/mol. The highest BCUT2D eigenvalue weighted by Crippen LogP contribution is 2.19. The molecule has 3 N–H and O–H groups in total. The Bertz CT molecular complexity index is 987. The van der Waals surface area contributed by atoms with E-state index < -0.39 is 0 Å². The van der Waals surface area contributed by atoms with Crippen LogP contribution in [-0.4, -0.2) is 23.0 Å². The Morgan fingerprint density at radius 1 is 1.11 bits per heavy atom. The number of hydrogen-bond donors (Lipinski definition) is 3. The van der Waals surface area contributed by atoms with Crippen LogP contribution < -0.4 is 10.7 Å². The van der Waals surface area contributed by atoms with Crippen molar-refractivity contribution in [3.8, 4) is 0 Å². The number of benzene rings is 2. The molecule has 0 aliphatic rings. The van der Waals surface area contributed by atoms with Crippen LogP contribution in [0, 0.1) is 6.92 Å². The van der Waals surface area contributed by atoms with E-state index in [1.807, 2.05) is 38.1 Å². The molecule has 0 unspecified atom stereocenters. The first kappa shape index (κ1) is 18.4. The minimum atomic E-state index is -0.310. The second-order valence-corrected chi connectivity index (χ2v) is 6.28. The first-order chi connectivity index (χ1) is 13.1. The summed E-state index contributed by atoms with van der Waals surface area (Å²) in [4.78, 5) is 27.1. The lowest BCUT2D eigenvalue weighted by atomic mass is 10.1. The van der Waals surface area contributed by atoms with Gasteiger partial charge in [-0.25, -0.2) is 5.43 Å². The number of nitrogens with zero attached hydrogens (tertiary/aromatic N) is 1. The van der Waals surface area contributed by atoms with Crippen LogP contribution in [-0.2, 0) is 4.79 Å². The third-order valence-corrected chi connectivity index (χ3v) is 4.21. The molecule has 2 amide bonds. The van der Waals surface area contributed by atoms with Crippen LogP contribution in [0.25, 0.3) is 10.9 Å². The molecule has 0 radical (unpaired) electrons. The predicted octanol–water partition coefficient (Wildman–Crippen LogP) is 3.98. The van der Waals surface area contributed by atoms with E-state index in [4.69, 9.17) is 0 Å². The van der Waals surface area contributed by atoms with Crippen molar-refractivity contribution in [3.05, 3.63) is 65.4 Å². The molecule has 3 aromatic rings. The second-order valence-electron chi connectivity index (χ2n) is 6.28. The number of nitrogens with one attached hydrogen (secondary N) is 3. The maximum Gasteiger partial charge on any atom is 0.271 e. The second kappa shape index (κ2) is 8.31. The van der Waals surface area contributed by atoms with Crippen LogP contribution in [0.15, 0.2) is 53.6 Å². The fourth-order valence-corrected chi connectivity index (χ4v) is 2.84. The Morgan fingerprint density at radius 2 is 1.85 bits per heavy atom. The number of amides is 2. The van der Waals surface area contributed by atoms with Crippen LogP contribution in [0.2, 0.25) is 0 Å². The van der Waals surface area contributed by atoms with Gasteiger partial charge in [0.15, 0.2) is 0 Å². The van der Waals surface area contributed by atoms with Crippen molar-refractivity contribution in [1.29, 1.82) is 0 Å². The highest BCUT2D eigenvalue weighted by molar-refractivity contribution is 6.01. The standard InChI is InChI=1S/C21H22N4O2/c1-3-6-20(26)24-16-11-9-15(10-12-16)21(27)25-22-13-18-14(2)23-19-8-5-4-7-17(18)19/h4-5,7-13,23H,3,6H2,1-2H3,(H,24,26)(H,25,27)/b22-13+. The number of para-hydroxylation sites is 1. The maximum absolute atomic E-state index is 12.2. The number of rotatable bonds is 6. The summed E-state index contributed by atoms with van der Waals surface area (Å²) in [5.41, 5.74) is 6.64. The topological polar surface area (TPSA) is 86.3 Å². The molecule has 2 aromatic carbocycles. The van der Waals surface area contributed by atoms with Crippen LogP contribution >= 0.6 is 0 Å². The van der Waals surface area contributed by atoms with Crippen molar-refractivity contribution in [2.45, 2.75) is 26.7 Å². The zero-order valence-corrected chi connectivity index (χ0v) is 15.4. The lowest BCUT2D eigenvalue weighted by Crippen LogP contribution is -2.17. The lowest BCUT2D eigenvalue weighted by Gasteiger charge is -2.05. The number of H-pyrrole nitrogens is 1. The molecule has 0 aliphatic heterocycles. The van der Waals surface area contributed by atoms with Gasteiger partial charge in [-0.1, -0.05) is 25.1 Å². The fraction of sp³-hybridized carbons (Fsp3) is 0.190. The molecule has 0 bridgehead atoms. The molecule has 0 saturated heterocycles. The number of carbonyl (C=O) groups is 2. The van der Waals surface area contributed by atoms with Gasteiger partial charge in [0, 0.05) is 39.8 Å². The molecule has 0 aliphatic carbocycles. The SMILES string of the molecule is CCCC(=O)Nc1ccc(C(=O)N/N=C/c2c(C)[nH]c3ccccc23)cc1. The van der Waals surface area contributed by atoms with Crippen LogP contribution in [0.5, 0.6) is 0 Å². The van der Waals surface area contributed by atoms with Crippen molar-refractivity contribution < 1.29 is 9.59 Å². The molecule has 6 heteroatoms. The Morgan fingerprint density at radius 3 is 2.59 bits per heavy atom. The van der Waals surface area contributed by atoms with Gasteiger partial charge in [-0.05, 0) is 43.7 Å². The third-order valence-electron chi connectivity index (χ3n) is 4.21. The van der Waals surface area contributed by atoms with Crippen molar-refractivity contribution >= 4 is 34.6 Å². The summed E-state index contributed by atoms with van der Waals surface area (Å²) in [6.45, 7) is 3.92. The van der Waals surface area contributed by atoms with Gasteiger partial charge in [0.2, 0.25) is 5.91 Å². The van der Waals surface area contributed by atoms with Crippen molar-refractivity contribution in [3.63, 3.8) is 0 Å². The molecule has 1 aromatic heterocycles. The van der Waals surface area contributed by atoms with Gasteiger partial charge in [0.05, 0.1) is 6.21 Å². The van der Waals surface area contributed by atoms with Crippen LogP contribution in [0.4, 0.5) is 5.69 Å². The van der Waals surface area contributed by atoms with E-state index >= 15 is 0 Å². The molecular weight excluding hydrogens is 340 g/mol. The first-order valence-corrected chi connectivity index (χ1v) is 8.89. The van der Waals surface area contributed by atoms with Gasteiger partial charge < -0.3 is 10.3 Å². The smallest absolute Gasteiger partial charge is 0.271 e. The maximum atomic E-state index is 12.2. The summed E-state index contributed by atoms with van der Waals surface area (Å²) in [6.07, 6.45) is 2.91. The Labute approximate surface area is 157 Å². The number of fused-ring (bicyclic) bond motifs is 1. The lowest BCUT2D eigenvalue weighted by molar-refractivity contribution is -0.116. The third kappa shape index (κ3) is 4.41. The molecule has 0 fully saturated rings. The Kier molecular flexibility index (Phi) is 5.66. The van der Waals surface area contributed by atoms with E-state index in [0.717, 1.165) is 28.6 Å². The van der Waals surface area contributed by atoms with Crippen molar-refractivity contribution in [1.82, 2.24) is 10.4 Å². The number of carbonyl (C=O) groups excluding carboxylic acids is 2. The molecule has 0 atom stereocenters. The van der Waals surface area contributed by atoms with E-state index in [2.05, 4.69) is 20.8 Å². The summed E-state index contributed by atoms with van der Waals surface area (Å²) in [5, 5.41) is 7.93. The summed E-state index contributed by atoms with van der Waals surface area (Å²) in [7, 11) is 0. The van der Waals surface area contributed by atoms with Gasteiger partial charge in [-0.15, -0.1) is 0 Å². The van der Waals surface area contributed by atoms with Gasteiger partial charge in [-0.2, -0.15) is 5.10 Å². The number of aromatic nitrogens is 1. The summed E-state index contributed by atoms with van der Waals surface area (Å²) in [6, 6.07) is 14.7. The molecule has 0 spiro atoms. The Balaban J connectivity index is 1.64. The molecular formula is C21H22N4O2. The quantitative estimate of drug-likeness (QED) is 0.458. The molecule has 3 rings (SSSR count). The Hall–Kier alpha value is -3.41. The monoisotopic (exact) mass is 362 g/mol. The number of aromatic amines is 1. The van der Waals surface area contributed by atoms with E-state index in [-0.39, 0.29) is 11.8 Å². The number of anilines is 1. The minimum Gasteiger partial charge on any atom is -0.358 e. The van der Waals surface area contributed by atoms with Gasteiger partial charge >= 0.3 is 0 Å². The summed E-state index contributed by atoms with van der Waals surface area (Å²) < 4.78 is 0. The largest absolute Gasteiger partial charge is 0.358 e. The van der Waals surface area contributed by atoms with Gasteiger partial charge in [0.1, 0.15) is 0 Å². The molecule has 138 valence electrons. The molecule has 6 nitrogen and oxygen atoms in total. The molecule has 1 heterocycles. The molecule has 0 saturated carbocycles. The highest BCUT2D eigenvalue weighted by atomic mass is 16.2. The van der Waals surface area contributed by atoms with E-state index in [9.17, 15) is 9.59 Å². The zero-order chi connectivity index (χ0) is 19.2. The van der Waals surface area contributed by atoms with Gasteiger partial charge in [0.25, 0.3) is 5.91 Å². The normalized spacial score (nSPS) is 11.0. The zero-order valence-electron chi connectivity index (χ0n) is 15.4. The average molecular weight is 362 g/mol. The highest BCUT2D eigenvalue weighted by Gasteiger charge is 2.07. The van der Waals surface area contributed by atoms with E-state index in [1.54, 1.807) is 30.5 Å². The summed E-state index contributed by atoms with van der Waals surface area (Å²) >= 11 is 0. The van der Waals surface area contributed by atoms with Crippen LogP contribution in [0.3, 0.4) is 0 Å². The van der Waals surface area contributed by atoms with E-state index in [0.29, 0.717) is 17.7 Å². The molecule has 27 heavy (non-hydrogen) atoms. The van der Waals surface area contributed by atoms with E-state index in [1.165, 1.54) is 0 Å². The van der Waals surface area contributed by atoms with Crippen molar-refractivity contribution in [2.75, 3.05) is 5.32 Å². The number of aryl methyl sites for hydroxylation is 1. The number of hydrazone groups is 1. The first-order valence-electron chi connectivity index (χ1n) is 8.89. The average Bonchev–Trinajstić information content (AvgIpc) is 2.98. The van der Waals surface area contributed by atoms with Crippen LogP contribution in [0.1, 0.15) is 41.4 Å². The fourth-order valence-electron chi connectivity index (χ4n) is 2.84. The van der Waals surface area contributed by atoms with Crippen molar-refractivity contribution in [2.24, 2.45) is 5.10 Å².